The molecular formula is C20H23ClN4O2. The van der Waals surface area contributed by atoms with Crippen molar-refractivity contribution in [3.8, 4) is 0 Å². The third-order valence-corrected chi connectivity index (χ3v) is 5.58. The van der Waals surface area contributed by atoms with Crippen molar-refractivity contribution >= 4 is 29.1 Å². The van der Waals surface area contributed by atoms with Gasteiger partial charge in [-0.15, -0.1) is 0 Å². The Kier molecular flexibility index (Phi) is 5.16. The van der Waals surface area contributed by atoms with Crippen molar-refractivity contribution in [2.45, 2.75) is 57.5 Å². The molecule has 0 bridgehead atoms. The fourth-order valence-electron chi connectivity index (χ4n) is 3.94. The van der Waals surface area contributed by atoms with Crippen molar-refractivity contribution in [1.82, 2.24) is 14.9 Å². The number of hydrogen-bond acceptors (Lipinski definition) is 3. The van der Waals surface area contributed by atoms with Gasteiger partial charge in [-0.05, 0) is 56.4 Å². The molecule has 1 aliphatic heterocycles. The molecule has 0 atom stereocenters. The molecule has 4 rings (SSSR count). The van der Waals surface area contributed by atoms with Gasteiger partial charge in [0.05, 0.1) is 5.69 Å². The average molecular weight is 387 g/mol. The fraction of sp³-hybridized carbons (Fsp3) is 0.450. The van der Waals surface area contributed by atoms with E-state index in [-0.39, 0.29) is 17.9 Å². The smallest absolute Gasteiger partial charge is 0.291 e. The van der Waals surface area contributed by atoms with Crippen molar-refractivity contribution < 1.29 is 9.59 Å². The predicted octanol–water partition coefficient (Wildman–Crippen LogP) is 3.80. The molecule has 2 aromatic rings. The zero-order valence-electron chi connectivity index (χ0n) is 15.1. The summed E-state index contributed by atoms with van der Waals surface area (Å²) in [6.07, 6.45) is 7.11. The molecule has 6 nitrogen and oxygen atoms in total. The zero-order chi connectivity index (χ0) is 18.8. The van der Waals surface area contributed by atoms with Gasteiger partial charge in [0, 0.05) is 23.3 Å². The van der Waals surface area contributed by atoms with Crippen LogP contribution in [0.5, 0.6) is 0 Å². The first-order valence-corrected chi connectivity index (χ1v) is 9.97. The summed E-state index contributed by atoms with van der Waals surface area (Å²) in [7, 11) is 0. The second kappa shape index (κ2) is 7.72. The van der Waals surface area contributed by atoms with Gasteiger partial charge in [0.25, 0.3) is 11.8 Å². The second-order valence-electron chi connectivity index (χ2n) is 7.26. The number of benzene rings is 1. The molecule has 1 aromatic carbocycles. The molecule has 1 aliphatic carbocycles. The van der Waals surface area contributed by atoms with Crippen LogP contribution in [-0.2, 0) is 13.0 Å². The summed E-state index contributed by atoms with van der Waals surface area (Å²) < 4.78 is 1.90. The largest absolute Gasteiger partial charge is 0.348 e. The van der Waals surface area contributed by atoms with E-state index in [2.05, 4.69) is 15.6 Å². The Labute approximate surface area is 163 Å². The van der Waals surface area contributed by atoms with Gasteiger partial charge < -0.3 is 15.2 Å². The first-order chi connectivity index (χ1) is 13.1. The SMILES string of the molecule is O=C(NC1CCCC1)c1nc(C(=O)Nc2ccc(Cl)cc2)n2c1CCCC2. The Morgan fingerprint density at radius 2 is 1.78 bits per heavy atom. The summed E-state index contributed by atoms with van der Waals surface area (Å²) in [5.74, 6) is -0.158. The van der Waals surface area contributed by atoms with Crippen molar-refractivity contribution in [1.29, 1.82) is 0 Å². The van der Waals surface area contributed by atoms with Crippen LogP contribution in [0, 0.1) is 0 Å². The number of hydrogen-bond donors (Lipinski definition) is 2. The summed E-state index contributed by atoms with van der Waals surface area (Å²) in [5.41, 5.74) is 1.93. The van der Waals surface area contributed by atoms with Crippen LogP contribution in [0.2, 0.25) is 5.02 Å². The Morgan fingerprint density at radius 3 is 2.52 bits per heavy atom. The summed E-state index contributed by atoms with van der Waals surface area (Å²) in [5, 5.41) is 6.55. The first-order valence-electron chi connectivity index (χ1n) is 9.59. The fourth-order valence-corrected chi connectivity index (χ4v) is 4.07. The normalized spacial score (nSPS) is 16.8. The van der Waals surface area contributed by atoms with E-state index in [1.165, 1.54) is 0 Å². The number of imidazole rings is 1. The molecule has 2 N–H and O–H groups in total. The van der Waals surface area contributed by atoms with Crippen LogP contribution in [0.1, 0.15) is 65.3 Å². The zero-order valence-corrected chi connectivity index (χ0v) is 15.9. The number of carbonyl (C=O) groups is 2. The van der Waals surface area contributed by atoms with Crippen molar-refractivity contribution in [2.75, 3.05) is 5.32 Å². The van der Waals surface area contributed by atoms with E-state index in [0.717, 1.165) is 50.6 Å². The molecule has 0 radical (unpaired) electrons. The van der Waals surface area contributed by atoms with E-state index in [9.17, 15) is 9.59 Å². The van der Waals surface area contributed by atoms with Crippen molar-refractivity contribution in [3.05, 3.63) is 46.5 Å². The topological polar surface area (TPSA) is 76.0 Å². The molecule has 1 fully saturated rings. The lowest BCUT2D eigenvalue weighted by atomic mass is 10.1. The molecule has 2 heterocycles. The number of rotatable bonds is 4. The van der Waals surface area contributed by atoms with Gasteiger partial charge in [-0.3, -0.25) is 9.59 Å². The Morgan fingerprint density at radius 1 is 1.04 bits per heavy atom. The van der Waals surface area contributed by atoms with Crippen molar-refractivity contribution in [2.24, 2.45) is 0 Å². The first kappa shape index (κ1) is 18.0. The van der Waals surface area contributed by atoms with E-state index in [4.69, 9.17) is 11.6 Å². The van der Waals surface area contributed by atoms with Crippen LogP contribution >= 0.6 is 11.6 Å². The monoisotopic (exact) mass is 386 g/mol. The molecule has 0 saturated heterocycles. The van der Waals surface area contributed by atoms with Gasteiger partial charge in [0.2, 0.25) is 0 Å². The average Bonchev–Trinajstić information content (AvgIpc) is 3.31. The van der Waals surface area contributed by atoms with Crippen LogP contribution in [0.4, 0.5) is 5.69 Å². The molecule has 1 saturated carbocycles. The maximum atomic E-state index is 12.8. The number of fused-ring (bicyclic) bond motifs is 1. The third kappa shape index (κ3) is 3.86. The van der Waals surface area contributed by atoms with E-state index in [0.29, 0.717) is 28.8 Å². The van der Waals surface area contributed by atoms with Crippen LogP contribution in [0.15, 0.2) is 24.3 Å². The minimum absolute atomic E-state index is 0.155. The van der Waals surface area contributed by atoms with Gasteiger partial charge in [0.15, 0.2) is 5.82 Å². The number of nitrogens with zero attached hydrogens (tertiary/aromatic N) is 2. The number of carbonyl (C=O) groups excluding carboxylic acids is 2. The second-order valence-corrected chi connectivity index (χ2v) is 7.69. The molecular weight excluding hydrogens is 364 g/mol. The molecule has 7 heteroatoms. The summed E-state index contributed by atoms with van der Waals surface area (Å²) in [6, 6.07) is 7.16. The van der Waals surface area contributed by atoms with E-state index in [1.54, 1.807) is 24.3 Å². The number of anilines is 1. The maximum Gasteiger partial charge on any atom is 0.291 e. The number of amides is 2. The van der Waals surface area contributed by atoms with Gasteiger partial charge in [-0.1, -0.05) is 24.4 Å². The minimum atomic E-state index is -0.305. The van der Waals surface area contributed by atoms with Crippen molar-refractivity contribution in [3.63, 3.8) is 0 Å². The molecule has 142 valence electrons. The number of aromatic nitrogens is 2. The highest BCUT2D eigenvalue weighted by Crippen LogP contribution is 2.24. The highest BCUT2D eigenvalue weighted by Gasteiger charge is 2.29. The maximum absolute atomic E-state index is 12.8. The molecule has 0 unspecified atom stereocenters. The molecule has 27 heavy (non-hydrogen) atoms. The van der Waals surface area contributed by atoms with Crippen LogP contribution in [-0.4, -0.2) is 27.4 Å². The highest BCUT2D eigenvalue weighted by molar-refractivity contribution is 6.30. The lowest BCUT2D eigenvalue weighted by molar-refractivity contribution is 0.0932. The lowest BCUT2D eigenvalue weighted by Crippen LogP contribution is -2.33. The van der Waals surface area contributed by atoms with E-state index < -0.39 is 0 Å². The summed E-state index contributed by atoms with van der Waals surface area (Å²) in [6.45, 7) is 0.711. The van der Waals surface area contributed by atoms with Gasteiger partial charge in [-0.2, -0.15) is 0 Å². The Balaban J connectivity index is 1.58. The lowest BCUT2D eigenvalue weighted by Gasteiger charge is -2.17. The predicted molar refractivity (Wildman–Crippen MR) is 104 cm³/mol. The van der Waals surface area contributed by atoms with Crippen LogP contribution in [0.25, 0.3) is 0 Å². The van der Waals surface area contributed by atoms with Gasteiger partial charge >= 0.3 is 0 Å². The number of nitrogens with one attached hydrogen (secondary N) is 2. The van der Waals surface area contributed by atoms with Crippen LogP contribution < -0.4 is 10.6 Å². The Bertz CT molecular complexity index is 854. The van der Waals surface area contributed by atoms with E-state index >= 15 is 0 Å². The standard InChI is InChI=1S/C20H23ClN4O2/c21-13-8-10-15(11-9-13)23-20(27)18-24-17(16-7-3-4-12-25(16)18)19(26)22-14-5-1-2-6-14/h8-11,14H,1-7,12H2,(H,22,26)(H,23,27). The molecule has 2 aliphatic rings. The quantitative estimate of drug-likeness (QED) is 0.839. The minimum Gasteiger partial charge on any atom is -0.348 e. The summed E-state index contributed by atoms with van der Waals surface area (Å²) in [4.78, 5) is 30.0. The van der Waals surface area contributed by atoms with Crippen LogP contribution in [0.3, 0.4) is 0 Å². The molecule has 2 amide bonds. The summed E-state index contributed by atoms with van der Waals surface area (Å²) >= 11 is 5.89. The van der Waals surface area contributed by atoms with E-state index in [1.807, 2.05) is 4.57 Å². The molecule has 0 spiro atoms. The molecule has 1 aromatic heterocycles. The third-order valence-electron chi connectivity index (χ3n) is 5.33. The van der Waals surface area contributed by atoms with Gasteiger partial charge in [0.1, 0.15) is 5.69 Å². The number of halogens is 1. The highest BCUT2D eigenvalue weighted by atomic mass is 35.5. The Hall–Kier alpha value is -2.34. The van der Waals surface area contributed by atoms with Gasteiger partial charge in [-0.25, -0.2) is 4.98 Å².